The fourth-order valence-electron chi connectivity index (χ4n) is 1.39. The van der Waals surface area contributed by atoms with Gasteiger partial charge in [-0.2, -0.15) is 10.2 Å². The van der Waals surface area contributed by atoms with Crippen LogP contribution in [0.4, 0.5) is 11.8 Å². The second-order valence-corrected chi connectivity index (χ2v) is 3.77. The van der Waals surface area contributed by atoms with Crippen molar-refractivity contribution in [3.05, 3.63) is 11.8 Å². The lowest BCUT2D eigenvalue weighted by Crippen LogP contribution is -2.30. The molecule has 86 valence electrons. The summed E-state index contributed by atoms with van der Waals surface area (Å²) in [6.45, 7) is 3.97. The van der Waals surface area contributed by atoms with Gasteiger partial charge in [0.05, 0.1) is 12.5 Å². The normalized spacial score (nSPS) is 11.7. The summed E-state index contributed by atoms with van der Waals surface area (Å²) in [5, 5.41) is 11.6. The fraction of sp³-hybridized carbons (Fsp3) is 0.545. The van der Waals surface area contributed by atoms with Gasteiger partial charge in [-0.3, -0.25) is 0 Å². The Bertz CT molecular complexity index is 396. The first-order valence-corrected chi connectivity index (χ1v) is 5.21. The highest BCUT2D eigenvalue weighted by Crippen LogP contribution is 2.19. The highest BCUT2D eigenvalue weighted by molar-refractivity contribution is 5.49. The first-order chi connectivity index (χ1) is 7.60. The maximum absolute atomic E-state index is 8.68. The lowest BCUT2D eigenvalue weighted by Gasteiger charge is -2.25. The molecule has 5 heteroatoms. The molecular weight excluding hydrogens is 202 g/mol. The van der Waals surface area contributed by atoms with Gasteiger partial charge in [-0.1, -0.05) is 0 Å². The lowest BCUT2D eigenvalue weighted by molar-refractivity contribution is 0.691. The summed E-state index contributed by atoms with van der Waals surface area (Å²) in [5.74, 6) is 1.46. The van der Waals surface area contributed by atoms with Crippen molar-refractivity contribution in [3.63, 3.8) is 0 Å². The van der Waals surface area contributed by atoms with Crippen LogP contribution in [0.3, 0.4) is 0 Å². The molecule has 5 nitrogen and oxygen atoms in total. The van der Waals surface area contributed by atoms with E-state index in [4.69, 9.17) is 5.26 Å². The summed E-state index contributed by atoms with van der Waals surface area (Å²) >= 11 is 0. The maximum atomic E-state index is 8.68. The van der Waals surface area contributed by atoms with Gasteiger partial charge in [-0.25, -0.2) is 4.98 Å². The number of rotatable bonds is 4. The average Bonchev–Trinajstić information content (AvgIpc) is 2.29. The van der Waals surface area contributed by atoms with Crippen LogP contribution >= 0.6 is 0 Å². The number of nitrogens with zero attached hydrogens (tertiary/aromatic N) is 4. The summed E-state index contributed by atoms with van der Waals surface area (Å²) in [7, 11) is 3.73. The van der Waals surface area contributed by atoms with E-state index in [9.17, 15) is 0 Å². The predicted octanol–water partition coefficient (Wildman–Crippen LogP) is 1.57. The number of hydrogen-bond donors (Lipinski definition) is 1. The van der Waals surface area contributed by atoms with Gasteiger partial charge in [-0.05, 0) is 13.8 Å². The molecule has 0 aromatic carbocycles. The van der Waals surface area contributed by atoms with Gasteiger partial charge >= 0.3 is 0 Å². The summed E-state index contributed by atoms with van der Waals surface area (Å²) in [5.41, 5.74) is 1.01. The second kappa shape index (κ2) is 5.31. The summed E-state index contributed by atoms with van der Waals surface area (Å²) in [6, 6.07) is 2.31. The molecule has 1 rings (SSSR count). The standard InChI is InChI=1S/C11H17N5/c1-8-7-14-11(13-3)15-10(8)16(4)9(2)5-6-12/h7,9H,5H2,1-4H3,(H,13,14,15). The monoisotopic (exact) mass is 219 g/mol. The van der Waals surface area contributed by atoms with Gasteiger partial charge < -0.3 is 10.2 Å². The Kier molecular flexibility index (Phi) is 4.06. The van der Waals surface area contributed by atoms with Gasteiger partial charge in [0.2, 0.25) is 5.95 Å². The van der Waals surface area contributed by atoms with Crippen LogP contribution in [0.15, 0.2) is 6.20 Å². The van der Waals surface area contributed by atoms with Crippen molar-refractivity contribution in [2.45, 2.75) is 26.3 Å². The molecule has 0 spiro atoms. The van der Waals surface area contributed by atoms with Crippen molar-refractivity contribution in [3.8, 4) is 6.07 Å². The average molecular weight is 219 g/mol. The van der Waals surface area contributed by atoms with Crippen LogP contribution in [-0.4, -0.2) is 30.1 Å². The van der Waals surface area contributed by atoms with E-state index in [0.29, 0.717) is 12.4 Å². The zero-order valence-electron chi connectivity index (χ0n) is 10.2. The summed E-state index contributed by atoms with van der Waals surface area (Å²) < 4.78 is 0. The largest absolute Gasteiger partial charge is 0.357 e. The van der Waals surface area contributed by atoms with Crippen molar-refractivity contribution in [1.82, 2.24) is 9.97 Å². The first-order valence-electron chi connectivity index (χ1n) is 5.21. The molecule has 1 heterocycles. The molecule has 0 aliphatic heterocycles. The van der Waals surface area contributed by atoms with Crippen molar-refractivity contribution in [1.29, 1.82) is 5.26 Å². The van der Waals surface area contributed by atoms with Crippen LogP contribution < -0.4 is 10.2 Å². The molecular formula is C11H17N5. The number of aryl methyl sites for hydroxylation is 1. The van der Waals surface area contributed by atoms with Crippen LogP contribution in [-0.2, 0) is 0 Å². The quantitative estimate of drug-likeness (QED) is 0.832. The van der Waals surface area contributed by atoms with Crippen LogP contribution in [0.2, 0.25) is 0 Å². The molecule has 1 N–H and O–H groups in total. The SMILES string of the molecule is CNc1ncc(C)c(N(C)C(C)CC#N)n1. The molecule has 0 fully saturated rings. The Balaban J connectivity index is 2.98. The van der Waals surface area contributed by atoms with E-state index < -0.39 is 0 Å². The molecule has 1 aromatic heterocycles. The Morgan fingerprint density at radius 3 is 2.88 bits per heavy atom. The van der Waals surface area contributed by atoms with Gasteiger partial charge in [-0.15, -0.1) is 0 Å². The van der Waals surface area contributed by atoms with Crippen LogP contribution in [0.1, 0.15) is 18.9 Å². The number of nitrogens with one attached hydrogen (secondary N) is 1. The molecule has 0 radical (unpaired) electrons. The molecule has 1 aromatic rings. The minimum absolute atomic E-state index is 0.142. The van der Waals surface area contributed by atoms with E-state index in [1.807, 2.05) is 25.8 Å². The fourth-order valence-corrected chi connectivity index (χ4v) is 1.39. The number of hydrogen-bond acceptors (Lipinski definition) is 5. The van der Waals surface area contributed by atoms with Crippen molar-refractivity contribution in [2.75, 3.05) is 24.3 Å². The maximum Gasteiger partial charge on any atom is 0.224 e. The Morgan fingerprint density at radius 2 is 2.31 bits per heavy atom. The molecule has 0 aliphatic carbocycles. The van der Waals surface area contributed by atoms with Crippen LogP contribution in [0, 0.1) is 18.3 Å². The zero-order valence-corrected chi connectivity index (χ0v) is 10.2. The number of aromatic nitrogens is 2. The van der Waals surface area contributed by atoms with Gasteiger partial charge in [0.15, 0.2) is 0 Å². The number of nitriles is 1. The smallest absolute Gasteiger partial charge is 0.224 e. The van der Waals surface area contributed by atoms with Gasteiger partial charge in [0, 0.05) is 31.9 Å². The van der Waals surface area contributed by atoms with E-state index in [1.165, 1.54) is 0 Å². The predicted molar refractivity (Wildman–Crippen MR) is 64.4 cm³/mol. The lowest BCUT2D eigenvalue weighted by atomic mass is 10.2. The Hall–Kier alpha value is -1.83. The van der Waals surface area contributed by atoms with E-state index in [1.54, 1.807) is 13.2 Å². The third kappa shape index (κ3) is 2.60. The van der Waals surface area contributed by atoms with Gasteiger partial charge in [0.25, 0.3) is 0 Å². The Morgan fingerprint density at radius 1 is 1.62 bits per heavy atom. The van der Waals surface area contributed by atoms with E-state index in [-0.39, 0.29) is 6.04 Å². The molecule has 0 saturated carbocycles. The molecule has 0 amide bonds. The summed E-state index contributed by atoms with van der Waals surface area (Å²) in [4.78, 5) is 10.5. The van der Waals surface area contributed by atoms with Crippen molar-refractivity contribution < 1.29 is 0 Å². The topological polar surface area (TPSA) is 64.8 Å². The molecule has 1 atom stereocenters. The van der Waals surface area contributed by atoms with E-state index >= 15 is 0 Å². The van der Waals surface area contributed by atoms with Gasteiger partial charge in [0.1, 0.15) is 5.82 Å². The summed E-state index contributed by atoms with van der Waals surface area (Å²) in [6.07, 6.45) is 2.26. The van der Waals surface area contributed by atoms with Crippen molar-refractivity contribution >= 4 is 11.8 Å². The highest BCUT2D eigenvalue weighted by atomic mass is 15.2. The van der Waals surface area contributed by atoms with Crippen LogP contribution in [0.5, 0.6) is 0 Å². The minimum Gasteiger partial charge on any atom is -0.357 e. The third-order valence-corrected chi connectivity index (χ3v) is 2.55. The van der Waals surface area contributed by atoms with Crippen LogP contribution in [0.25, 0.3) is 0 Å². The molecule has 1 unspecified atom stereocenters. The second-order valence-electron chi connectivity index (χ2n) is 3.77. The molecule has 0 saturated heterocycles. The number of anilines is 2. The first kappa shape index (κ1) is 12.2. The van der Waals surface area contributed by atoms with Crippen molar-refractivity contribution in [2.24, 2.45) is 0 Å². The Labute approximate surface area is 96.1 Å². The zero-order chi connectivity index (χ0) is 12.1. The molecule has 0 bridgehead atoms. The third-order valence-electron chi connectivity index (χ3n) is 2.55. The minimum atomic E-state index is 0.142. The van der Waals surface area contributed by atoms with E-state index in [0.717, 1.165) is 11.4 Å². The molecule has 16 heavy (non-hydrogen) atoms. The molecule has 0 aliphatic rings. The van der Waals surface area contributed by atoms with E-state index in [2.05, 4.69) is 21.4 Å². The highest BCUT2D eigenvalue weighted by Gasteiger charge is 2.14.